The average molecular weight is 753 g/mol. The van der Waals surface area contributed by atoms with Gasteiger partial charge in [-0.15, -0.1) is 0 Å². The van der Waals surface area contributed by atoms with Crippen LogP contribution in [0.1, 0.15) is 41.9 Å². The first-order valence-corrected chi connectivity index (χ1v) is 17.4. The van der Waals surface area contributed by atoms with Crippen LogP contribution in [-0.4, -0.2) is 44.5 Å². The van der Waals surface area contributed by atoms with Crippen LogP contribution < -0.4 is 20.9 Å². The van der Waals surface area contributed by atoms with Gasteiger partial charge in [-0.1, -0.05) is 42.5 Å². The molecule has 0 spiro atoms. The first-order valence-electron chi connectivity index (χ1n) is 17.4. The highest BCUT2D eigenvalue weighted by Gasteiger charge is 2.35. The molecule has 6 aromatic rings. The van der Waals surface area contributed by atoms with Gasteiger partial charge < -0.3 is 20.3 Å². The number of fused-ring (bicyclic) bond motifs is 1. The Labute approximate surface area is 313 Å². The van der Waals surface area contributed by atoms with Crippen molar-refractivity contribution >= 4 is 28.5 Å². The van der Waals surface area contributed by atoms with E-state index >= 15 is 0 Å². The number of anilines is 1. The van der Waals surface area contributed by atoms with E-state index in [-0.39, 0.29) is 30.9 Å². The van der Waals surface area contributed by atoms with Gasteiger partial charge in [-0.2, -0.15) is 13.2 Å². The second-order valence-electron chi connectivity index (χ2n) is 12.5. The number of urea groups is 1. The van der Waals surface area contributed by atoms with Crippen LogP contribution in [-0.2, 0) is 23.9 Å². The summed E-state index contributed by atoms with van der Waals surface area (Å²) in [5.74, 6) is -1.41. The Morgan fingerprint density at radius 2 is 1.65 bits per heavy atom. The lowest BCUT2D eigenvalue weighted by Gasteiger charge is -2.33. The molecular weight excluding hydrogens is 716 g/mol. The SMILES string of the molecule is CCOc1ccc(-n2c([C@@H](CCNC(=O)Nc3ccccc3)N(Cc3cccnc3)C(=O)Cc3ccc(C(F)(F)F)c(F)c3)nc3ccccc3c2=O)cc1. The molecular formula is C41H36F4N6O4. The Morgan fingerprint density at radius 1 is 0.909 bits per heavy atom. The quantitative estimate of drug-likeness (QED) is 0.116. The second kappa shape index (κ2) is 17.1. The van der Waals surface area contributed by atoms with E-state index in [1.165, 1.54) is 9.47 Å². The third-order valence-corrected chi connectivity index (χ3v) is 8.71. The minimum Gasteiger partial charge on any atom is -0.494 e. The maximum atomic E-state index is 14.7. The van der Waals surface area contributed by atoms with Gasteiger partial charge in [0.1, 0.15) is 17.4 Å². The molecule has 0 saturated heterocycles. The zero-order chi connectivity index (χ0) is 39.0. The van der Waals surface area contributed by atoms with Crippen molar-refractivity contribution in [1.82, 2.24) is 24.8 Å². The summed E-state index contributed by atoms with van der Waals surface area (Å²) in [5, 5.41) is 5.87. The van der Waals surface area contributed by atoms with Crippen molar-refractivity contribution in [2.75, 3.05) is 18.5 Å². The highest BCUT2D eigenvalue weighted by Crippen LogP contribution is 2.33. The number of para-hydroxylation sites is 2. The number of hydrogen-bond donors (Lipinski definition) is 2. The Bertz CT molecular complexity index is 2320. The molecule has 0 saturated carbocycles. The summed E-state index contributed by atoms with van der Waals surface area (Å²) in [6.45, 7) is 2.17. The summed E-state index contributed by atoms with van der Waals surface area (Å²) >= 11 is 0. The number of amides is 3. The molecule has 4 aromatic carbocycles. The fourth-order valence-corrected chi connectivity index (χ4v) is 6.16. The van der Waals surface area contributed by atoms with Crippen LogP contribution in [0.4, 0.5) is 28.0 Å². The van der Waals surface area contributed by atoms with E-state index in [2.05, 4.69) is 15.6 Å². The monoisotopic (exact) mass is 752 g/mol. The number of carbonyl (C=O) groups excluding carboxylic acids is 2. The number of nitrogens with one attached hydrogen (secondary N) is 2. The smallest absolute Gasteiger partial charge is 0.419 e. The molecule has 0 aliphatic heterocycles. The van der Waals surface area contributed by atoms with Crippen molar-refractivity contribution < 1.29 is 31.9 Å². The third-order valence-electron chi connectivity index (χ3n) is 8.71. The molecule has 10 nitrogen and oxygen atoms in total. The topological polar surface area (TPSA) is 118 Å². The molecule has 0 bridgehead atoms. The molecule has 14 heteroatoms. The second-order valence-corrected chi connectivity index (χ2v) is 12.5. The maximum absolute atomic E-state index is 14.7. The Balaban J connectivity index is 1.47. The molecule has 1 atom stereocenters. The van der Waals surface area contributed by atoms with Crippen molar-refractivity contribution in [3.8, 4) is 11.4 Å². The molecule has 3 amide bonds. The Kier molecular flexibility index (Phi) is 11.8. The molecule has 2 aromatic heterocycles. The van der Waals surface area contributed by atoms with Crippen LogP contribution in [0, 0.1) is 5.82 Å². The molecule has 0 radical (unpaired) electrons. The summed E-state index contributed by atoms with van der Waals surface area (Å²) in [7, 11) is 0. The lowest BCUT2D eigenvalue weighted by Crippen LogP contribution is -2.41. The Morgan fingerprint density at radius 3 is 2.35 bits per heavy atom. The fraction of sp³-hybridized carbons (Fsp3) is 0.195. The van der Waals surface area contributed by atoms with Gasteiger partial charge in [-0.3, -0.25) is 19.1 Å². The molecule has 2 N–H and O–H groups in total. The van der Waals surface area contributed by atoms with Crippen LogP contribution in [0.25, 0.3) is 16.6 Å². The molecule has 0 unspecified atom stereocenters. The average Bonchev–Trinajstić information content (AvgIpc) is 3.17. The zero-order valence-electron chi connectivity index (χ0n) is 29.6. The van der Waals surface area contributed by atoms with Gasteiger partial charge in [0.15, 0.2) is 0 Å². The first-order chi connectivity index (χ1) is 26.5. The summed E-state index contributed by atoms with van der Waals surface area (Å²) < 4.78 is 61.9. The minimum atomic E-state index is -4.92. The first kappa shape index (κ1) is 38.2. The maximum Gasteiger partial charge on any atom is 0.419 e. The predicted molar refractivity (Wildman–Crippen MR) is 199 cm³/mol. The normalized spacial score (nSPS) is 11.9. The summed E-state index contributed by atoms with van der Waals surface area (Å²) in [4.78, 5) is 52.5. The molecule has 282 valence electrons. The van der Waals surface area contributed by atoms with Gasteiger partial charge in [0.25, 0.3) is 5.56 Å². The van der Waals surface area contributed by atoms with Crippen LogP contribution in [0.15, 0.2) is 126 Å². The number of benzene rings is 4. The van der Waals surface area contributed by atoms with E-state index in [0.717, 1.165) is 6.07 Å². The van der Waals surface area contributed by atoms with Gasteiger partial charge in [0.05, 0.1) is 41.2 Å². The Hall–Kier alpha value is -6.57. The van der Waals surface area contributed by atoms with Crippen LogP contribution in [0.5, 0.6) is 5.75 Å². The number of nitrogens with zero attached hydrogens (tertiary/aromatic N) is 4. The number of carbonyl (C=O) groups is 2. The summed E-state index contributed by atoms with van der Waals surface area (Å²) in [6, 6.07) is 26.5. The van der Waals surface area contributed by atoms with E-state index in [9.17, 15) is 31.9 Å². The van der Waals surface area contributed by atoms with Crippen molar-refractivity contribution in [3.05, 3.63) is 160 Å². The highest BCUT2D eigenvalue weighted by atomic mass is 19.4. The number of hydrogen-bond acceptors (Lipinski definition) is 6. The summed E-state index contributed by atoms with van der Waals surface area (Å²) in [6.07, 6.45) is -2.28. The number of halogens is 4. The van der Waals surface area contributed by atoms with Crippen molar-refractivity contribution in [1.29, 1.82) is 0 Å². The fourth-order valence-electron chi connectivity index (χ4n) is 6.16. The van der Waals surface area contributed by atoms with Crippen LogP contribution >= 0.6 is 0 Å². The van der Waals surface area contributed by atoms with Gasteiger partial charge >= 0.3 is 12.2 Å². The van der Waals surface area contributed by atoms with Crippen LogP contribution in [0.3, 0.4) is 0 Å². The minimum absolute atomic E-state index is 0.00109. The van der Waals surface area contributed by atoms with Gasteiger partial charge in [0, 0.05) is 31.2 Å². The highest BCUT2D eigenvalue weighted by molar-refractivity contribution is 5.89. The number of aromatic nitrogens is 3. The molecule has 55 heavy (non-hydrogen) atoms. The van der Waals surface area contributed by atoms with E-state index in [4.69, 9.17) is 9.72 Å². The van der Waals surface area contributed by atoms with Crippen molar-refractivity contribution in [2.24, 2.45) is 0 Å². The number of ether oxygens (including phenoxy) is 1. The zero-order valence-corrected chi connectivity index (χ0v) is 29.6. The number of alkyl halides is 3. The van der Waals surface area contributed by atoms with Gasteiger partial charge in [-0.05, 0) is 91.2 Å². The van der Waals surface area contributed by atoms with E-state index in [1.54, 1.807) is 103 Å². The number of pyridine rings is 1. The molecule has 2 heterocycles. The molecule has 6 rings (SSSR count). The van der Waals surface area contributed by atoms with E-state index in [1.807, 2.05) is 6.92 Å². The van der Waals surface area contributed by atoms with E-state index in [0.29, 0.717) is 52.3 Å². The predicted octanol–water partition coefficient (Wildman–Crippen LogP) is 7.86. The standard InChI is InChI=1S/C41H36F4N6O4/c1-2-55-31-17-15-30(16-18-31)51-38(49-35-13-7-6-12-32(35)39(51)53)36(20-22-47-40(54)48-29-10-4-3-5-11-29)50(26-28-9-8-21-46-25-28)37(52)24-27-14-19-33(34(42)23-27)41(43,44)45/h3-19,21,23,25,36H,2,20,22,24,26H2,1H3,(H2,47,48,54)/t36-/m1/s1. The van der Waals surface area contributed by atoms with E-state index < -0.39 is 47.5 Å². The largest absolute Gasteiger partial charge is 0.494 e. The van der Waals surface area contributed by atoms with Gasteiger partial charge in [-0.25, -0.2) is 14.2 Å². The lowest BCUT2D eigenvalue weighted by atomic mass is 10.0. The molecule has 0 aliphatic rings. The lowest BCUT2D eigenvalue weighted by molar-refractivity contribution is -0.140. The van der Waals surface area contributed by atoms with Crippen molar-refractivity contribution in [2.45, 2.75) is 38.5 Å². The third kappa shape index (κ3) is 9.33. The van der Waals surface area contributed by atoms with Crippen LogP contribution in [0.2, 0.25) is 0 Å². The van der Waals surface area contributed by atoms with Gasteiger partial charge in [0.2, 0.25) is 5.91 Å². The summed E-state index contributed by atoms with van der Waals surface area (Å²) in [5.41, 5.74) is 0.0278. The van der Waals surface area contributed by atoms with Crippen molar-refractivity contribution in [3.63, 3.8) is 0 Å². The molecule has 0 fully saturated rings. The molecule has 0 aliphatic carbocycles. The number of rotatable bonds is 13.